The zero-order valence-corrected chi connectivity index (χ0v) is 10.6. The van der Waals surface area contributed by atoms with Gasteiger partial charge in [-0.1, -0.05) is 19.1 Å². The van der Waals surface area contributed by atoms with Gasteiger partial charge in [-0.25, -0.2) is 9.97 Å². The molecule has 1 aliphatic rings. The van der Waals surface area contributed by atoms with E-state index in [-0.39, 0.29) is 0 Å². The molecule has 2 N–H and O–H groups in total. The highest BCUT2D eigenvalue weighted by molar-refractivity contribution is 5.79. The van der Waals surface area contributed by atoms with E-state index >= 15 is 0 Å². The van der Waals surface area contributed by atoms with Crippen molar-refractivity contribution in [2.24, 2.45) is 5.92 Å². The third kappa shape index (κ3) is 1.98. The molecule has 18 heavy (non-hydrogen) atoms. The van der Waals surface area contributed by atoms with Crippen LogP contribution in [0.3, 0.4) is 0 Å². The maximum atomic E-state index is 6.04. The van der Waals surface area contributed by atoms with Crippen molar-refractivity contribution >= 4 is 22.7 Å². The second-order valence-corrected chi connectivity index (χ2v) is 5.09. The molecule has 2 heterocycles. The second kappa shape index (κ2) is 4.44. The molecular weight excluding hydrogens is 224 g/mol. The Balaban J connectivity index is 1.98. The molecule has 0 unspecified atom stereocenters. The SMILES string of the molecule is CC1CCN(c2nc3ccccc3nc2N)CC1. The maximum absolute atomic E-state index is 6.04. The lowest BCUT2D eigenvalue weighted by Crippen LogP contribution is -2.34. The average Bonchev–Trinajstić information content (AvgIpc) is 2.39. The van der Waals surface area contributed by atoms with Crippen LogP contribution in [-0.4, -0.2) is 23.1 Å². The number of nitrogens with two attached hydrogens (primary N) is 1. The minimum absolute atomic E-state index is 0.545. The van der Waals surface area contributed by atoms with Gasteiger partial charge >= 0.3 is 0 Å². The highest BCUT2D eigenvalue weighted by atomic mass is 15.2. The molecule has 1 aromatic carbocycles. The Hall–Kier alpha value is -1.84. The molecule has 3 rings (SSSR count). The highest BCUT2D eigenvalue weighted by Crippen LogP contribution is 2.26. The summed E-state index contributed by atoms with van der Waals surface area (Å²) >= 11 is 0. The Labute approximate surface area is 107 Å². The van der Waals surface area contributed by atoms with E-state index in [0.717, 1.165) is 35.9 Å². The summed E-state index contributed by atoms with van der Waals surface area (Å²) in [5, 5.41) is 0. The third-order valence-electron chi connectivity index (χ3n) is 3.66. The number of hydrogen-bond donors (Lipinski definition) is 1. The molecular formula is C14H18N4. The van der Waals surface area contributed by atoms with Crippen molar-refractivity contribution in [3.63, 3.8) is 0 Å². The predicted molar refractivity (Wildman–Crippen MR) is 74.6 cm³/mol. The van der Waals surface area contributed by atoms with Gasteiger partial charge in [0, 0.05) is 13.1 Å². The zero-order valence-electron chi connectivity index (χ0n) is 10.6. The van der Waals surface area contributed by atoms with E-state index in [1.807, 2.05) is 24.3 Å². The number of nitrogen functional groups attached to an aromatic ring is 1. The van der Waals surface area contributed by atoms with E-state index in [1.54, 1.807) is 0 Å². The molecule has 0 aliphatic carbocycles. The van der Waals surface area contributed by atoms with Gasteiger partial charge in [0.05, 0.1) is 11.0 Å². The zero-order chi connectivity index (χ0) is 12.5. The lowest BCUT2D eigenvalue weighted by Gasteiger charge is -2.31. The quantitative estimate of drug-likeness (QED) is 0.834. The predicted octanol–water partition coefficient (Wildman–Crippen LogP) is 2.45. The van der Waals surface area contributed by atoms with Crippen LogP contribution in [0.2, 0.25) is 0 Å². The van der Waals surface area contributed by atoms with Crippen LogP contribution in [0.15, 0.2) is 24.3 Å². The van der Waals surface area contributed by atoms with Gasteiger partial charge in [-0.3, -0.25) is 0 Å². The topological polar surface area (TPSA) is 55.0 Å². The van der Waals surface area contributed by atoms with Gasteiger partial charge in [0.25, 0.3) is 0 Å². The van der Waals surface area contributed by atoms with Gasteiger partial charge in [0.2, 0.25) is 0 Å². The van der Waals surface area contributed by atoms with Crippen LogP contribution >= 0.6 is 0 Å². The summed E-state index contributed by atoms with van der Waals surface area (Å²) in [5.41, 5.74) is 7.82. The molecule has 0 amide bonds. The number of nitrogens with zero attached hydrogens (tertiary/aromatic N) is 3. The fourth-order valence-electron chi connectivity index (χ4n) is 2.46. The van der Waals surface area contributed by atoms with Crippen LogP contribution in [-0.2, 0) is 0 Å². The van der Waals surface area contributed by atoms with Crippen molar-refractivity contribution in [3.05, 3.63) is 24.3 Å². The molecule has 1 fully saturated rings. The monoisotopic (exact) mass is 242 g/mol. The lowest BCUT2D eigenvalue weighted by atomic mass is 9.99. The summed E-state index contributed by atoms with van der Waals surface area (Å²) in [6.07, 6.45) is 2.40. The maximum Gasteiger partial charge on any atom is 0.172 e. The van der Waals surface area contributed by atoms with Gasteiger partial charge in [0.1, 0.15) is 0 Å². The molecule has 0 saturated carbocycles. The normalized spacial score (nSPS) is 17.3. The highest BCUT2D eigenvalue weighted by Gasteiger charge is 2.19. The summed E-state index contributed by atoms with van der Waals surface area (Å²) in [6, 6.07) is 7.87. The molecule has 0 bridgehead atoms. The number of piperidine rings is 1. The molecule has 94 valence electrons. The van der Waals surface area contributed by atoms with Crippen molar-refractivity contribution in [2.75, 3.05) is 23.7 Å². The van der Waals surface area contributed by atoms with Gasteiger partial charge in [-0.2, -0.15) is 0 Å². The van der Waals surface area contributed by atoms with Crippen LogP contribution in [0.5, 0.6) is 0 Å². The van der Waals surface area contributed by atoms with E-state index in [2.05, 4.69) is 21.8 Å². The van der Waals surface area contributed by atoms with E-state index in [0.29, 0.717) is 5.82 Å². The van der Waals surface area contributed by atoms with Gasteiger partial charge in [-0.15, -0.1) is 0 Å². The Kier molecular flexibility index (Phi) is 2.78. The van der Waals surface area contributed by atoms with Crippen LogP contribution in [0.25, 0.3) is 11.0 Å². The molecule has 4 nitrogen and oxygen atoms in total. The van der Waals surface area contributed by atoms with E-state index in [4.69, 9.17) is 5.73 Å². The van der Waals surface area contributed by atoms with Gasteiger partial charge in [0.15, 0.2) is 11.6 Å². The van der Waals surface area contributed by atoms with E-state index in [9.17, 15) is 0 Å². The smallest absolute Gasteiger partial charge is 0.172 e. The van der Waals surface area contributed by atoms with Crippen molar-refractivity contribution in [1.29, 1.82) is 0 Å². The molecule has 0 atom stereocenters. The number of anilines is 2. The summed E-state index contributed by atoms with van der Waals surface area (Å²) in [7, 11) is 0. The molecule has 4 heteroatoms. The average molecular weight is 242 g/mol. The minimum atomic E-state index is 0.545. The molecule has 2 aromatic rings. The van der Waals surface area contributed by atoms with E-state index < -0.39 is 0 Å². The fourth-order valence-corrected chi connectivity index (χ4v) is 2.46. The number of para-hydroxylation sites is 2. The number of hydrogen-bond acceptors (Lipinski definition) is 4. The van der Waals surface area contributed by atoms with Crippen LogP contribution in [0.4, 0.5) is 11.6 Å². The van der Waals surface area contributed by atoms with Gasteiger partial charge in [-0.05, 0) is 30.9 Å². The molecule has 1 aromatic heterocycles. The third-order valence-corrected chi connectivity index (χ3v) is 3.66. The standard InChI is InChI=1S/C14H18N4/c1-10-6-8-18(9-7-10)14-13(15)16-11-4-2-3-5-12(11)17-14/h2-5,10H,6-9H2,1H3,(H2,15,16). The molecule has 1 aliphatic heterocycles. The van der Waals surface area contributed by atoms with Crippen molar-refractivity contribution in [2.45, 2.75) is 19.8 Å². The largest absolute Gasteiger partial charge is 0.381 e. The van der Waals surface area contributed by atoms with Crippen molar-refractivity contribution < 1.29 is 0 Å². The number of rotatable bonds is 1. The molecule has 0 spiro atoms. The van der Waals surface area contributed by atoms with E-state index in [1.165, 1.54) is 12.8 Å². The Morgan fingerprint density at radius 3 is 2.39 bits per heavy atom. The molecule has 1 saturated heterocycles. The van der Waals surface area contributed by atoms with Gasteiger partial charge < -0.3 is 10.6 Å². The number of aromatic nitrogens is 2. The van der Waals surface area contributed by atoms with Crippen molar-refractivity contribution in [1.82, 2.24) is 9.97 Å². The van der Waals surface area contributed by atoms with Crippen LogP contribution in [0, 0.1) is 5.92 Å². The fraction of sp³-hybridized carbons (Fsp3) is 0.429. The molecule has 0 radical (unpaired) electrons. The Bertz CT molecular complexity index is 559. The summed E-state index contributed by atoms with van der Waals surface area (Å²) < 4.78 is 0. The number of fused-ring (bicyclic) bond motifs is 1. The number of benzene rings is 1. The summed E-state index contributed by atoms with van der Waals surface area (Å²) in [4.78, 5) is 11.4. The first-order chi connectivity index (χ1) is 8.74. The summed E-state index contributed by atoms with van der Waals surface area (Å²) in [6.45, 7) is 4.35. The summed E-state index contributed by atoms with van der Waals surface area (Å²) in [5.74, 6) is 2.19. The second-order valence-electron chi connectivity index (χ2n) is 5.09. The first-order valence-electron chi connectivity index (χ1n) is 6.51. The first kappa shape index (κ1) is 11.3. The lowest BCUT2D eigenvalue weighted by molar-refractivity contribution is 0.437. The minimum Gasteiger partial charge on any atom is -0.381 e. The van der Waals surface area contributed by atoms with Crippen LogP contribution in [0.1, 0.15) is 19.8 Å². The van der Waals surface area contributed by atoms with Crippen LogP contribution < -0.4 is 10.6 Å². The Morgan fingerprint density at radius 2 is 1.72 bits per heavy atom. The Morgan fingerprint density at radius 1 is 1.11 bits per heavy atom. The van der Waals surface area contributed by atoms with Crippen molar-refractivity contribution in [3.8, 4) is 0 Å². The first-order valence-corrected chi connectivity index (χ1v) is 6.51.